The van der Waals surface area contributed by atoms with Gasteiger partial charge in [0.25, 0.3) is 5.69 Å². The summed E-state index contributed by atoms with van der Waals surface area (Å²) in [7, 11) is -5.08. The van der Waals surface area contributed by atoms with Crippen LogP contribution in [0.3, 0.4) is 0 Å². The van der Waals surface area contributed by atoms with Gasteiger partial charge in [-0.05, 0) is 53.6 Å². The molecule has 0 radical (unpaired) electrons. The fourth-order valence-corrected chi connectivity index (χ4v) is 8.21. The number of methoxy groups -OCH3 is 2. The second-order valence-electron chi connectivity index (χ2n) is 13.3. The number of ether oxygens (including phenoxy) is 2. The lowest BCUT2D eigenvalue weighted by atomic mass is 10.2. The molecule has 0 spiro atoms. The Labute approximate surface area is 359 Å². The molecule has 2 heterocycles. The molecule has 26 heteroatoms. The maximum Gasteiger partial charge on any atom is 0.408 e. The first-order chi connectivity index (χ1) is 28.7. The van der Waals surface area contributed by atoms with Gasteiger partial charge >= 0.3 is 12.4 Å². The van der Waals surface area contributed by atoms with Gasteiger partial charge in [-0.25, -0.2) is 30.1 Å². The quantitative estimate of drug-likeness (QED) is 0.0510. The average molecular weight is 956 g/mol. The smallest absolute Gasteiger partial charge is 0.408 e. The number of hydrogen-bond acceptors (Lipinski definition) is 11. The summed E-state index contributed by atoms with van der Waals surface area (Å²) in [6, 6.07) is 17.6. The lowest BCUT2D eigenvalue weighted by Crippen LogP contribution is -2.30. The van der Waals surface area contributed by atoms with Gasteiger partial charge in [-0.3, -0.25) is 14.8 Å². The molecule has 0 amide bonds. The summed E-state index contributed by atoms with van der Waals surface area (Å²) in [4.78, 5) is 10.6. The highest BCUT2D eigenvalue weighted by Gasteiger charge is 2.36. The number of sulfonamides is 2. The van der Waals surface area contributed by atoms with Crippen molar-refractivity contribution in [3.05, 3.63) is 104 Å². The van der Waals surface area contributed by atoms with Gasteiger partial charge in [0.2, 0.25) is 20.0 Å². The minimum absolute atomic E-state index is 0.00435. The highest BCUT2D eigenvalue weighted by molar-refractivity contribution is 7.92. The molecule has 2 N–H and O–H groups in total. The predicted molar refractivity (Wildman–Crippen MR) is 221 cm³/mol. The Balaban J connectivity index is 0.000000235. The van der Waals surface area contributed by atoms with Crippen LogP contribution >= 0.6 is 23.2 Å². The van der Waals surface area contributed by atoms with Crippen LogP contribution in [0.5, 0.6) is 11.5 Å². The third-order valence-electron chi connectivity index (χ3n) is 8.76. The Morgan fingerprint density at radius 3 is 1.40 bits per heavy atom. The van der Waals surface area contributed by atoms with Gasteiger partial charge < -0.3 is 15.2 Å². The zero-order valence-electron chi connectivity index (χ0n) is 32.6. The van der Waals surface area contributed by atoms with Gasteiger partial charge in [0.15, 0.2) is 11.6 Å². The molecule has 4 aromatic carbocycles. The number of nitrogens with zero attached hydrogens (tertiary/aromatic N) is 7. The number of aromatic nitrogens is 4. The molecule has 16 nitrogen and oxygen atoms in total. The molecule has 0 aliphatic rings. The van der Waals surface area contributed by atoms with Crippen LogP contribution in [0.2, 0.25) is 10.0 Å². The lowest BCUT2D eigenvalue weighted by Gasteiger charge is -2.21. The topological polar surface area (TPSA) is 198 Å². The highest BCUT2D eigenvalue weighted by atomic mass is 35.5. The summed E-state index contributed by atoms with van der Waals surface area (Å²) in [5, 5.41) is 18.8. The van der Waals surface area contributed by atoms with E-state index in [2.05, 4.69) is 10.2 Å². The fraction of sp³-hybridized carbons (Fsp3) is 0.278. The number of nitrogen functional groups attached to an aromatic ring is 1. The van der Waals surface area contributed by atoms with Crippen molar-refractivity contribution in [2.24, 2.45) is 0 Å². The fourth-order valence-electron chi connectivity index (χ4n) is 6.09. The van der Waals surface area contributed by atoms with Crippen molar-refractivity contribution in [2.45, 2.75) is 38.5 Å². The number of nitrogens with two attached hydrogens (primary N) is 1. The van der Waals surface area contributed by atoms with Crippen LogP contribution in [0.25, 0.3) is 21.8 Å². The van der Waals surface area contributed by atoms with Crippen molar-refractivity contribution in [2.75, 3.05) is 41.1 Å². The summed E-state index contributed by atoms with van der Waals surface area (Å²) < 4.78 is 142. The summed E-state index contributed by atoms with van der Waals surface area (Å²) in [6.45, 7) is -3.61. The van der Waals surface area contributed by atoms with Crippen molar-refractivity contribution < 1.29 is 57.6 Å². The van der Waals surface area contributed by atoms with E-state index in [1.54, 1.807) is 48.5 Å². The summed E-state index contributed by atoms with van der Waals surface area (Å²) >= 11 is 12.4. The van der Waals surface area contributed by atoms with Crippen LogP contribution in [0.4, 0.5) is 49.4 Å². The number of nitro groups is 1. The van der Waals surface area contributed by atoms with E-state index in [4.69, 9.17) is 38.4 Å². The van der Waals surface area contributed by atoms with E-state index in [0.717, 1.165) is 33.3 Å². The minimum atomic E-state index is -4.78. The Hall–Kier alpha value is -5.72. The van der Waals surface area contributed by atoms with Crippen LogP contribution in [-0.2, 0) is 46.2 Å². The van der Waals surface area contributed by atoms with Gasteiger partial charge in [-0.1, -0.05) is 47.5 Å². The summed E-state index contributed by atoms with van der Waals surface area (Å²) in [5.41, 5.74) is 5.61. The Morgan fingerprint density at radius 1 is 0.677 bits per heavy atom. The number of halogens is 8. The largest absolute Gasteiger partial charge is 0.497 e. The minimum Gasteiger partial charge on any atom is -0.497 e. The van der Waals surface area contributed by atoms with Crippen LogP contribution < -0.4 is 23.8 Å². The van der Waals surface area contributed by atoms with Gasteiger partial charge in [-0.15, -0.1) is 0 Å². The maximum atomic E-state index is 13.2. The van der Waals surface area contributed by atoms with Crippen LogP contribution in [-0.4, -0.2) is 80.4 Å². The third-order valence-corrected chi connectivity index (χ3v) is 11.6. The summed E-state index contributed by atoms with van der Waals surface area (Å²) in [6.07, 6.45) is -7.60. The second-order valence-corrected chi connectivity index (χ2v) is 18.0. The Morgan fingerprint density at radius 2 is 1.05 bits per heavy atom. The van der Waals surface area contributed by atoms with E-state index in [-0.39, 0.29) is 50.9 Å². The average Bonchev–Trinajstić information content (AvgIpc) is 3.72. The van der Waals surface area contributed by atoms with E-state index in [0.29, 0.717) is 32.0 Å². The standard InChI is InChI=1S/C18H16ClF3N4O5S.C18H18ClF3N4O3S/c1-31-12-5-3-11(4-6-12)9-25(32(2,29)30)17-15-13(19)7-8-14(26(27)28)16(15)24(23-17)10-18(20,21)22;1-29-12-5-3-11(4-6-12)9-26(30(2,27)28)17-15-13(19)7-8-14(23)16(15)25(24-17)10-18(20,21)22/h3-8H,9-10H2,1-2H3;3-8H,9-10,23H2,1-2H3. The molecule has 0 saturated heterocycles. The normalized spacial score (nSPS) is 12.3. The molecular weight excluding hydrogens is 921 g/mol. The number of benzene rings is 4. The van der Waals surface area contributed by atoms with Crippen molar-refractivity contribution in [1.82, 2.24) is 19.6 Å². The van der Waals surface area contributed by atoms with Crippen LogP contribution in [0, 0.1) is 10.1 Å². The van der Waals surface area contributed by atoms with E-state index in [9.17, 15) is 53.3 Å². The first kappa shape index (κ1) is 47.3. The van der Waals surface area contributed by atoms with Crippen molar-refractivity contribution in [3.8, 4) is 11.5 Å². The molecule has 2 aromatic heterocycles. The van der Waals surface area contributed by atoms with E-state index < -0.39 is 67.4 Å². The highest BCUT2D eigenvalue weighted by Crippen LogP contribution is 2.41. The van der Waals surface area contributed by atoms with Crippen LogP contribution in [0.15, 0.2) is 72.8 Å². The monoisotopic (exact) mass is 954 g/mol. The maximum absolute atomic E-state index is 13.2. The number of anilines is 3. The number of hydrogen-bond donors (Lipinski definition) is 1. The van der Waals surface area contributed by atoms with Gasteiger partial charge in [0.05, 0.1) is 76.8 Å². The Kier molecular flexibility index (Phi) is 13.7. The molecule has 0 unspecified atom stereocenters. The number of non-ortho nitro benzene ring substituents is 1. The first-order valence-electron chi connectivity index (χ1n) is 17.3. The van der Waals surface area contributed by atoms with Gasteiger partial charge in [0.1, 0.15) is 30.1 Å². The van der Waals surface area contributed by atoms with Crippen molar-refractivity contribution in [1.29, 1.82) is 0 Å². The SMILES string of the molecule is COc1ccc(CN(c2nn(CC(F)(F)F)c3c(N)ccc(Cl)c23)S(C)(=O)=O)cc1.COc1ccc(CN(c2nn(CC(F)(F)F)c3c([N+](=O)[O-])ccc(Cl)c23)S(C)(=O)=O)cc1. The third kappa shape index (κ3) is 11.0. The molecule has 6 rings (SSSR count). The van der Waals surface area contributed by atoms with E-state index in [1.807, 2.05) is 0 Å². The first-order valence-corrected chi connectivity index (χ1v) is 21.8. The van der Waals surface area contributed by atoms with Gasteiger partial charge in [-0.2, -0.15) is 36.5 Å². The molecule has 334 valence electrons. The molecule has 6 aromatic rings. The molecule has 0 saturated carbocycles. The zero-order valence-corrected chi connectivity index (χ0v) is 35.7. The molecular formula is C36H34Cl2F6N8O8S2. The lowest BCUT2D eigenvalue weighted by molar-refractivity contribution is -0.383. The molecule has 62 heavy (non-hydrogen) atoms. The van der Waals surface area contributed by atoms with Gasteiger partial charge in [0, 0.05) is 6.07 Å². The molecule has 0 bridgehead atoms. The van der Waals surface area contributed by atoms with Crippen molar-refractivity contribution in [3.63, 3.8) is 0 Å². The Bertz CT molecular complexity index is 2840. The summed E-state index contributed by atoms with van der Waals surface area (Å²) in [5.74, 6) is 0.403. The van der Waals surface area contributed by atoms with E-state index >= 15 is 0 Å². The van der Waals surface area contributed by atoms with Crippen molar-refractivity contribution >= 4 is 88.1 Å². The number of rotatable bonds is 13. The predicted octanol–water partition coefficient (Wildman–Crippen LogP) is 7.94. The van der Waals surface area contributed by atoms with Crippen LogP contribution in [0.1, 0.15) is 11.1 Å². The van der Waals surface area contributed by atoms with E-state index in [1.165, 1.54) is 26.4 Å². The zero-order chi connectivity index (χ0) is 46.1. The number of nitro benzene ring substituents is 1. The second kappa shape index (κ2) is 17.9. The number of alkyl halides is 6. The molecule has 0 aliphatic carbocycles. The number of fused-ring (bicyclic) bond motifs is 2. The molecule has 0 atom stereocenters. The molecule has 0 fully saturated rings. The molecule has 0 aliphatic heterocycles.